The molecule has 3 aromatic rings. The summed E-state index contributed by atoms with van der Waals surface area (Å²) < 4.78 is 38.3. The zero-order valence-corrected chi connectivity index (χ0v) is 17.9. The van der Waals surface area contributed by atoms with Crippen molar-refractivity contribution < 1.29 is 17.6 Å². The summed E-state index contributed by atoms with van der Waals surface area (Å²) in [5.74, 6) is -2.07. The number of sulfonamides is 1. The van der Waals surface area contributed by atoms with E-state index in [2.05, 4.69) is 5.32 Å². The molecule has 0 saturated carbocycles. The van der Waals surface area contributed by atoms with E-state index in [0.717, 1.165) is 0 Å². The molecule has 6 N–H and O–H groups in total. The Kier molecular flexibility index (Phi) is 6.52. The maximum absolute atomic E-state index is 14.7. The van der Waals surface area contributed by atoms with Crippen molar-refractivity contribution in [2.45, 2.75) is 11.8 Å². The molecular formula is C23H21FN4O3S. The number of benzene rings is 3. The molecule has 0 radical (unpaired) electrons. The van der Waals surface area contributed by atoms with Crippen molar-refractivity contribution >= 4 is 33.0 Å². The molecule has 0 heterocycles. The van der Waals surface area contributed by atoms with Crippen molar-refractivity contribution in [1.29, 1.82) is 5.41 Å². The molecule has 3 aromatic carbocycles. The molecule has 0 aliphatic carbocycles. The van der Waals surface area contributed by atoms with Gasteiger partial charge in [0.15, 0.2) is 5.83 Å². The van der Waals surface area contributed by atoms with Gasteiger partial charge in [0.1, 0.15) is 5.84 Å². The highest BCUT2D eigenvalue weighted by Gasteiger charge is 2.16. The van der Waals surface area contributed by atoms with Gasteiger partial charge in [-0.3, -0.25) is 10.2 Å². The number of rotatable bonds is 6. The molecule has 0 bridgehead atoms. The smallest absolute Gasteiger partial charge is 0.284 e. The first-order valence-electron chi connectivity index (χ1n) is 9.43. The van der Waals surface area contributed by atoms with Gasteiger partial charge in [-0.05, 0) is 47.9 Å². The Labute approximate surface area is 185 Å². The number of allylic oxidation sites excluding steroid dienone is 1. The van der Waals surface area contributed by atoms with Gasteiger partial charge in [0.25, 0.3) is 5.91 Å². The molecule has 0 aliphatic heterocycles. The van der Waals surface area contributed by atoms with Crippen LogP contribution >= 0.6 is 0 Å². The summed E-state index contributed by atoms with van der Waals surface area (Å²) in [6.45, 7) is 1.46. The van der Waals surface area contributed by atoms with Crippen LogP contribution in [0.2, 0.25) is 0 Å². The Morgan fingerprint density at radius 3 is 2.22 bits per heavy atom. The molecule has 0 unspecified atom stereocenters. The third-order valence-corrected chi connectivity index (χ3v) is 5.75. The standard InChI is InChI=1S/C23H21FN4O3S/c1-14(16-5-4-6-17(13-16)22(25)26)21(24)23(29)28-18-11-9-15(10-12-18)19-7-2-3-8-20(19)32(27,30)31/h2-13H,1H3,(H3,25,26)(H,28,29)(H2,27,30,31)/b21-14-. The number of hydrogen-bond acceptors (Lipinski definition) is 4. The van der Waals surface area contributed by atoms with Crippen LogP contribution in [0.15, 0.2) is 83.5 Å². The highest BCUT2D eigenvalue weighted by atomic mass is 32.2. The Bertz CT molecular complexity index is 1330. The van der Waals surface area contributed by atoms with Crippen LogP contribution in [0.1, 0.15) is 18.1 Å². The molecule has 0 saturated heterocycles. The van der Waals surface area contributed by atoms with E-state index in [1.165, 1.54) is 31.2 Å². The predicted octanol–water partition coefficient (Wildman–Crippen LogP) is 3.62. The molecule has 7 nitrogen and oxygen atoms in total. The summed E-state index contributed by atoms with van der Waals surface area (Å²) in [5, 5.41) is 15.2. The molecule has 0 fully saturated rings. The molecule has 0 atom stereocenters. The number of primary sulfonamides is 1. The summed E-state index contributed by atoms with van der Waals surface area (Å²) in [5.41, 5.74) is 7.73. The molecule has 9 heteroatoms. The van der Waals surface area contributed by atoms with Crippen molar-refractivity contribution in [3.63, 3.8) is 0 Å². The third kappa shape index (κ3) is 5.08. The van der Waals surface area contributed by atoms with Gasteiger partial charge < -0.3 is 11.1 Å². The fourth-order valence-corrected chi connectivity index (χ4v) is 3.85. The second-order valence-corrected chi connectivity index (χ2v) is 8.54. The van der Waals surface area contributed by atoms with Crippen molar-refractivity contribution in [3.05, 3.63) is 89.8 Å². The number of carbonyl (C=O) groups is 1. The zero-order chi connectivity index (χ0) is 23.5. The van der Waals surface area contributed by atoms with Gasteiger partial charge >= 0.3 is 0 Å². The number of hydrogen-bond donors (Lipinski definition) is 4. The first-order chi connectivity index (χ1) is 15.1. The molecule has 0 spiro atoms. The first kappa shape index (κ1) is 22.9. The lowest BCUT2D eigenvalue weighted by atomic mass is 10.0. The number of anilines is 1. The van der Waals surface area contributed by atoms with E-state index in [9.17, 15) is 17.6 Å². The lowest BCUT2D eigenvalue weighted by Gasteiger charge is -2.10. The minimum absolute atomic E-state index is 0.0193. The summed E-state index contributed by atoms with van der Waals surface area (Å²) in [4.78, 5) is 12.4. The summed E-state index contributed by atoms with van der Waals surface area (Å²) in [7, 11) is -3.91. The van der Waals surface area contributed by atoms with Crippen molar-refractivity contribution in [1.82, 2.24) is 0 Å². The number of nitrogens with two attached hydrogens (primary N) is 2. The monoisotopic (exact) mass is 452 g/mol. The van der Waals surface area contributed by atoms with Gasteiger partial charge in [-0.1, -0.05) is 48.5 Å². The van der Waals surface area contributed by atoms with Crippen LogP contribution in [-0.2, 0) is 14.8 Å². The van der Waals surface area contributed by atoms with E-state index in [-0.39, 0.29) is 16.3 Å². The number of nitrogens with one attached hydrogen (secondary N) is 2. The van der Waals surface area contributed by atoms with Gasteiger partial charge in [0, 0.05) is 16.8 Å². The lowest BCUT2D eigenvalue weighted by molar-refractivity contribution is -0.114. The fourth-order valence-electron chi connectivity index (χ4n) is 3.09. The molecule has 0 aromatic heterocycles. The van der Waals surface area contributed by atoms with Gasteiger partial charge in [-0.2, -0.15) is 0 Å². The topological polar surface area (TPSA) is 139 Å². The Morgan fingerprint density at radius 1 is 0.969 bits per heavy atom. The lowest BCUT2D eigenvalue weighted by Crippen LogP contribution is -2.14. The van der Waals surface area contributed by atoms with Crippen LogP contribution < -0.4 is 16.2 Å². The summed E-state index contributed by atoms with van der Waals surface area (Å²) in [6.07, 6.45) is 0. The van der Waals surface area contributed by atoms with Gasteiger partial charge in [0.05, 0.1) is 4.90 Å². The van der Waals surface area contributed by atoms with Crippen LogP contribution in [0.25, 0.3) is 16.7 Å². The number of halogens is 1. The number of amidine groups is 1. The molecular weight excluding hydrogens is 431 g/mol. The van der Waals surface area contributed by atoms with Crippen LogP contribution in [0.4, 0.5) is 10.1 Å². The quantitative estimate of drug-likeness (QED) is 0.258. The molecule has 164 valence electrons. The summed E-state index contributed by atoms with van der Waals surface area (Å²) >= 11 is 0. The van der Waals surface area contributed by atoms with Crippen molar-refractivity contribution in [3.8, 4) is 11.1 Å². The average molecular weight is 453 g/mol. The normalized spacial score (nSPS) is 12.1. The third-order valence-electron chi connectivity index (χ3n) is 4.78. The Hall–Kier alpha value is -3.82. The van der Waals surface area contributed by atoms with E-state index < -0.39 is 21.8 Å². The second-order valence-electron chi connectivity index (χ2n) is 7.01. The van der Waals surface area contributed by atoms with E-state index in [1.807, 2.05) is 0 Å². The first-order valence-corrected chi connectivity index (χ1v) is 11.0. The minimum Gasteiger partial charge on any atom is -0.384 e. The number of carbonyl (C=O) groups excluding carboxylic acids is 1. The molecule has 1 amide bonds. The average Bonchev–Trinajstić information content (AvgIpc) is 2.78. The molecule has 3 rings (SSSR count). The Balaban J connectivity index is 1.83. The predicted molar refractivity (Wildman–Crippen MR) is 123 cm³/mol. The van der Waals surface area contributed by atoms with Gasteiger partial charge in [-0.15, -0.1) is 0 Å². The van der Waals surface area contributed by atoms with Gasteiger partial charge in [0.2, 0.25) is 10.0 Å². The van der Waals surface area contributed by atoms with Crippen LogP contribution in [-0.4, -0.2) is 20.2 Å². The number of amides is 1. The minimum atomic E-state index is -3.91. The van der Waals surface area contributed by atoms with Gasteiger partial charge in [-0.25, -0.2) is 17.9 Å². The van der Waals surface area contributed by atoms with Crippen LogP contribution in [0.5, 0.6) is 0 Å². The van der Waals surface area contributed by atoms with Crippen molar-refractivity contribution in [2.24, 2.45) is 10.9 Å². The fraction of sp³-hybridized carbons (Fsp3) is 0.0435. The zero-order valence-electron chi connectivity index (χ0n) is 17.1. The highest BCUT2D eigenvalue weighted by Crippen LogP contribution is 2.28. The SMILES string of the molecule is C/C(=C(/F)C(=O)Nc1ccc(-c2ccccc2S(N)(=O)=O)cc1)c1cccc(C(=N)N)c1. The number of nitrogen functional groups attached to an aromatic ring is 1. The largest absolute Gasteiger partial charge is 0.384 e. The summed E-state index contributed by atoms with van der Waals surface area (Å²) in [6, 6.07) is 18.9. The van der Waals surface area contributed by atoms with E-state index in [0.29, 0.717) is 27.9 Å². The van der Waals surface area contributed by atoms with Crippen LogP contribution in [0, 0.1) is 5.41 Å². The molecule has 32 heavy (non-hydrogen) atoms. The second kappa shape index (κ2) is 9.13. The van der Waals surface area contributed by atoms with E-state index >= 15 is 0 Å². The molecule has 0 aliphatic rings. The maximum atomic E-state index is 14.7. The maximum Gasteiger partial charge on any atom is 0.284 e. The van der Waals surface area contributed by atoms with E-state index in [1.54, 1.807) is 48.5 Å². The van der Waals surface area contributed by atoms with E-state index in [4.69, 9.17) is 16.3 Å². The van der Waals surface area contributed by atoms with Crippen molar-refractivity contribution in [2.75, 3.05) is 5.32 Å². The Morgan fingerprint density at radius 2 is 1.59 bits per heavy atom. The van der Waals surface area contributed by atoms with Crippen LogP contribution in [0.3, 0.4) is 0 Å². The highest BCUT2D eigenvalue weighted by molar-refractivity contribution is 7.89.